The highest BCUT2D eigenvalue weighted by atomic mass is 16.5. The molecule has 6 heteroatoms. The van der Waals surface area contributed by atoms with Gasteiger partial charge in [0.1, 0.15) is 0 Å². The number of unbranched alkanes of at least 4 members (excludes halogenated alkanes) is 1. The van der Waals surface area contributed by atoms with E-state index in [4.69, 9.17) is 10.5 Å². The van der Waals surface area contributed by atoms with Gasteiger partial charge in [0.25, 0.3) is 0 Å². The van der Waals surface area contributed by atoms with Gasteiger partial charge in [-0.2, -0.15) is 0 Å². The predicted molar refractivity (Wildman–Crippen MR) is 135 cm³/mol. The number of nitrogens with two attached hydrogens (primary N) is 1. The number of piperidine rings is 1. The number of benzene rings is 2. The summed E-state index contributed by atoms with van der Waals surface area (Å²) >= 11 is 0. The highest BCUT2D eigenvalue weighted by molar-refractivity contribution is 5.75. The molecule has 2 saturated heterocycles. The van der Waals surface area contributed by atoms with Crippen molar-refractivity contribution in [2.24, 2.45) is 11.7 Å². The van der Waals surface area contributed by atoms with Crippen molar-refractivity contribution in [1.29, 1.82) is 0 Å². The Kier molecular flexibility index (Phi) is 8.24. The van der Waals surface area contributed by atoms with Gasteiger partial charge in [0.05, 0.1) is 5.60 Å². The molecule has 0 bridgehead atoms. The van der Waals surface area contributed by atoms with Crippen molar-refractivity contribution in [2.75, 3.05) is 39.9 Å². The number of hydrogen-bond donors (Lipinski definition) is 2. The second-order valence-electron chi connectivity index (χ2n) is 9.85. The van der Waals surface area contributed by atoms with E-state index in [-0.39, 0.29) is 18.0 Å². The summed E-state index contributed by atoms with van der Waals surface area (Å²) in [7, 11) is 1.71. The van der Waals surface area contributed by atoms with E-state index in [0.29, 0.717) is 26.1 Å². The summed E-state index contributed by atoms with van der Waals surface area (Å²) in [4.78, 5) is 17.1. The molecule has 0 aliphatic carbocycles. The molecule has 2 aromatic rings. The second-order valence-corrected chi connectivity index (χ2v) is 9.85. The minimum atomic E-state index is -1.03. The summed E-state index contributed by atoms with van der Waals surface area (Å²) < 4.78 is 5.26. The van der Waals surface area contributed by atoms with Crippen molar-refractivity contribution in [3.63, 3.8) is 0 Å². The van der Waals surface area contributed by atoms with Crippen LogP contribution in [0.4, 0.5) is 4.79 Å². The molecule has 34 heavy (non-hydrogen) atoms. The fourth-order valence-corrected chi connectivity index (χ4v) is 5.63. The largest absolute Gasteiger partial charge is 0.385 e. The zero-order chi connectivity index (χ0) is 24.0. The Labute approximate surface area is 203 Å². The third-order valence-corrected chi connectivity index (χ3v) is 7.50. The molecule has 184 valence electrons. The van der Waals surface area contributed by atoms with Gasteiger partial charge in [0.15, 0.2) is 0 Å². The van der Waals surface area contributed by atoms with Crippen LogP contribution in [0.2, 0.25) is 0 Å². The van der Waals surface area contributed by atoms with E-state index in [9.17, 15) is 9.90 Å². The van der Waals surface area contributed by atoms with Crippen LogP contribution in [0.1, 0.15) is 44.1 Å². The molecular formula is C28H39N3O3. The number of amides is 2. The predicted octanol–water partition coefficient (Wildman–Crippen LogP) is 4.22. The smallest absolute Gasteiger partial charge is 0.320 e. The van der Waals surface area contributed by atoms with Crippen molar-refractivity contribution < 1.29 is 14.6 Å². The molecule has 0 saturated carbocycles. The molecule has 0 radical (unpaired) electrons. The molecular weight excluding hydrogens is 426 g/mol. The molecule has 2 aliphatic rings. The van der Waals surface area contributed by atoms with Gasteiger partial charge in [0, 0.05) is 51.9 Å². The maximum Gasteiger partial charge on any atom is 0.320 e. The standard InChI is InChI=1S/C28H39N3O3/c1-34-19-8-7-16-28(33,26-14-6-5-13-25(26)22-10-3-2-4-11-22)23-12-9-17-30(20-23)27(32)31-18-15-24(29)21-31/h2-6,10-11,13-14,23-24,33H,7-9,12,15-21,29H2,1H3/t23?,24-,28+/m0/s1. The lowest BCUT2D eigenvalue weighted by molar-refractivity contribution is -0.0571. The number of nitrogens with zero attached hydrogens (tertiary/aromatic N) is 2. The SMILES string of the molecule is COCCCC[C@](O)(c1ccccc1-c1ccccc1)C1CCCN(C(=O)N2CC[C@H](N)C2)C1. The van der Waals surface area contributed by atoms with E-state index < -0.39 is 5.60 Å². The van der Waals surface area contributed by atoms with Gasteiger partial charge in [-0.3, -0.25) is 0 Å². The van der Waals surface area contributed by atoms with Gasteiger partial charge in [0.2, 0.25) is 0 Å². The van der Waals surface area contributed by atoms with Crippen LogP contribution in [-0.2, 0) is 10.3 Å². The second kappa shape index (κ2) is 11.3. The van der Waals surface area contributed by atoms with Crippen LogP contribution < -0.4 is 5.73 Å². The Morgan fingerprint density at radius 3 is 2.50 bits per heavy atom. The van der Waals surface area contributed by atoms with Gasteiger partial charge >= 0.3 is 6.03 Å². The van der Waals surface area contributed by atoms with E-state index in [0.717, 1.165) is 61.9 Å². The van der Waals surface area contributed by atoms with Gasteiger partial charge < -0.3 is 25.4 Å². The fraction of sp³-hybridized carbons (Fsp3) is 0.536. The zero-order valence-corrected chi connectivity index (χ0v) is 20.4. The average molecular weight is 466 g/mol. The summed E-state index contributed by atoms with van der Waals surface area (Å²) in [5.41, 5.74) is 8.15. The number of hydrogen-bond acceptors (Lipinski definition) is 4. The first-order valence-electron chi connectivity index (χ1n) is 12.7. The molecule has 2 fully saturated rings. The highest BCUT2D eigenvalue weighted by Crippen LogP contribution is 2.43. The number of aliphatic hydroxyl groups is 1. The van der Waals surface area contributed by atoms with Crippen LogP contribution >= 0.6 is 0 Å². The topological polar surface area (TPSA) is 79.0 Å². The number of carbonyl (C=O) groups excluding carboxylic acids is 1. The Hall–Kier alpha value is -2.41. The molecule has 3 atom stereocenters. The van der Waals surface area contributed by atoms with Crippen LogP contribution in [-0.4, -0.2) is 66.9 Å². The number of carbonyl (C=O) groups is 1. The molecule has 2 heterocycles. The van der Waals surface area contributed by atoms with Crippen LogP contribution in [0.3, 0.4) is 0 Å². The van der Waals surface area contributed by atoms with Crippen LogP contribution in [0.25, 0.3) is 11.1 Å². The maximum absolute atomic E-state index is 13.2. The van der Waals surface area contributed by atoms with E-state index in [1.54, 1.807) is 7.11 Å². The quantitative estimate of drug-likeness (QED) is 0.572. The Balaban J connectivity index is 1.63. The molecule has 3 N–H and O–H groups in total. The average Bonchev–Trinajstić information content (AvgIpc) is 3.33. The molecule has 2 aliphatic heterocycles. The van der Waals surface area contributed by atoms with Crippen LogP contribution in [0, 0.1) is 5.92 Å². The van der Waals surface area contributed by atoms with Crippen molar-refractivity contribution >= 4 is 6.03 Å². The normalized spacial score (nSPS) is 22.6. The van der Waals surface area contributed by atoms with Crippen molar-refractivity contribution in [3.8, 4) is 11.1 Å². The minimum Gasteiger partial charge on any atom is -0.385 e. The van der Waals surface area contributed by atoms with Gasteiger partial charge in [-0.1, -0.05) is 54.6 Å². The molecule has 1 unspecified atom stereocenters. The first kappa shape index (κ1) is 24.7. The summed E-state index contributed by atoms with van der Waals surface area (Å²) in [6.45, 7) is 3.33. The lowest BCUT2D eigenvalue weighted by Crippen LogP contribution is -2.51. The molecule has 0 spiro atoms. The van der Waals surface area contributed by atoms with E-state index in [1.165, 1.54) is 0 Å². The maximum atomic E-state index is 13.2. The van der Waals surface area contributed by atoms with E-state index >= 15 is 0 Å². The summed E-state index contributed by atoms with van der Waals surface area (Å²) in [6, 6.07) is 18.6. The lowest BCUT2D eigenvalue weighted by atomic mass is 9.72. The number of ether oxygens (including phenoxy) is 1. The first-order chi connectivity index (χ1) is 16.5. The van der Waals surface area contributed by atoms with Crippen molar-refractivity contribution in [1.82, 2.24) is 9.80 Å². The molecule has 2 aromatic carbocycles. The number of rotatable bonds is 8. The monoisotopic (exact) mass is 465 g/mol. The Morgan fingerprint density at radius 2 is 1.76 bits per heavy atom. The summed E-state index contributed by atoms with van der Waals surface area (Å²) in [5.74, 6) is -0.0334. The van der Waals surface area contributed by atoms with E-state index in [2.05, 4.69) is 24.3 Å². The first-order valence-corrected chi connectivity index (χ1v) is 12.7. The van der Waals surface area contributed by atoms with Crippen molar-refractivity contribution in [3.05, 3.63) is 60.2 Å². The van der Waals surface area contributed by atoms with Crippen LogP contribution in [0.5, 0.6) is 0 Å². The van der Waals surface area contributed by atoms with Crippen LogP contribution in [0.15, 0.2) is 54.6 Å². The van der Waals surface area contributed by atoms with Gasteiger partial charge in [-0.15, -0.1) is 0 Å². The highest BCUT2D eigenvalue weighted by Gasteiger charge is 2.43. The molecule has 2 amide bonds. The third-order valence-electron chi connectivity index (χ3n) is 7.50. The minimum absolute atomic E-state index is 0.0334. The Bertz CT molecular complexity index is 938. The number of urea groups is 1. The number of likely N-dealkylation sites (tertiary alicyclic amines) is 2. The van der Waals surface area contributed by atoms with Gasteiger partial charge in [-0.05, 0) is 55.2 Å². The molecule has 6 nitrogen and oxygen atoms in total. The Morgan fingerprint density at radius 1 is 1.03 bits per heavy atom. The molecule has 4 rings (SSSR count). The fourth-order valence-electron chi connectivity index (χ4n) is 5.63. The summed E-state index contributed by atoms with van der Waals surface area (Å²) in [6.07, 6.45) is 5.04. The third kappa shape index (κ3) is 5.45. The van der Waals surface area contributed by atoms with Gasteiger partial charge in [-0.25, -0.2) is 4.79 Å². The number of methoxy groups -OCH3 is 1. The molecule has 0 aromatic heterocycles. The zero-order valence-electron chi connectivity index (χ0n) is 20.4. The van der Waals surface area contributed by atoms with E-state index in [1.807, 2.05) is 40.1 Å². The summed E-state index contributed by atoms with van der Waals surface area (Å²) in [5, 5.41) is 12.4. The lowest BCUT2D eigenvalue weighted by Gasteiger charge is -2.44. The van der Waals surface area contributed by atoms with Crippen molar-refractivity contribution in [2.45, 2.75) is 50.2 Å².